The van der Waals surface area contributed by atoms with Crippen LogP contribution in [0.25, 0.3) is 0 Å². The molecular weight excluding hydrogens is 216 g/mol. The Morgan fingerprint density at radius 2 is 2.06 bits per heavy atom. The van der Waals surface area contributed by atoms with E-state index in [2.05, 4.69) is 0 Å². The van der Waals surface area contributed by atoms with E-state index >= 15 is 0 Å². The third-order valence-corrected chi connectivity index (χ3v) is 5.07. The van der Waals surface area contributed by atoms with Crippen molar-refractivity contribution in [2.75, 3.05) is 0 Å². The molecule has 3 heteroatoms. The van der Waals surface area contributed by atoms with E-state index in [0.717, 1.165) is 25.7 Å². The number of fused-ring (bicyclic) bond motifs is 4. The van der Waals surface area contributed by atoms with Crippen molar-refractivity contribution in [1.29, 1.82) is 0 Å². The average Bonchev–Trinajstić information content (AvgIpc) is 2.26. The molecule has 0 heterocycles. The van der Waals surface area contributed by atoms with Gasteiger partial charge in [-0.05, 0) is 31.6 Å². The van der Waals surface area contributed by atoms with E-state index in [-0.39, 0.29) is 11.9 Å². The van der Waals surface area contributed by atoms with Crippen molar-refractivity contribution in [2.24, 2.45) is 17.8 Å². The largest absolute Gasteiger partial charge is 0.458 e. The van der Waals surface area contributed by atoms with Gasteiger partial charge in [-0.25, -0.2) is 0 Å². The maximum atomic E-state index is 12.1. The van der Waals surface area contributed by atoms with Gasteiger partial charge in [-0.1, -0.05) is 12.8 Å². The molecular formula is C14H20O3. The average molecular weight is 236 g/mol. The minimum atomic E-state index is -0.397. The van der Waals surface area contributed by atoms with Crippen molar-refractivity contribution in [3.8, 4) is 0 Å². The zero-order valence-electron chi connectivity index (χ0n) is 10.4. The standard InChI is InChI=1S/C14H20O3/c1-9(15)17-14-8-4-7-12(16)13(14)10-5-2-3-6-11(10)14/h10-11,13H,2-8H2,1H3. The van der Waals surface area contributed by atoms with Crippen LogP contribution >= 0.6 is 0 Å². The van der Waals surface area contributed by atoms with E-state index in [9.17, 15) is 9.59 Å². The van der Waals surface area contributed by atoms with Gasteiger partial charge in [-0.2, -0.15) is 0 Å². The molecule has 4 atom stereocenters. The lowest BCUT2D eigenvalue weighted by atomic mass is 9.45. The van der Waals surface area contributed by atoms with Gasteiger partial charge in [0.25, 0.3) is 0 Å². The predicted octanol–water partition coefficient (Wildman–Crippen LogP) is 2.48. The molecule has 94 valence electrons. The van der Waals surface area contributed by atoms with Crippen LogP contribution in [0.1, 0.15) is 51.9 Å². The van der Waals surface area contributed by atoms with Crippen molar-refractivity contribution < 1.29 is 14.3 Å². The van der Waals surface area contributed by atoms with Gasteiger partial charge in [0, 0.05) is 19.3 Å². The molecule has 0 aliphatic heterocycles. The third kappa shape index (κ3) is 1.47. The fourth-order valence-corrected chi connectivity index (χ4v) is 4.64. The molecule has 3 fully saturated rings. The van der Waals surface area contributed by atoms with Crippen molar-refractivity contribution >= 4 is 11.8 Å². The number of rotatable bonds is 1. The van der Waals surface area contributed by atoms with Gasteiger partial charge in [-0.15, -0.1) is 0 Å². The molecule has 3 aliphatic rings. The molecule has 17 heavy (non-hydrogen) atoms. The van der Waals surface area contributed by atoms with E-state index < -0.39 is 5.60 Å². The second-order valence-corrected chi connectivity index (χ2v) is 5.90. The second-order valence-electron chi connectivity index (χ2n) is 5.90. The molecule has 0 N–H and O–H groups in total. The smallest absolute Gasteiger partial charge is 0.303 e. The number of hydrogen-bond donors (Lipinski definition) is 0. The summed E-state index contributed by atoms with van der Waals surface area (Å²) in [5.41, 5.74) is -0.397. The Bertz CT molecular complexity index is 362. The molecule has 0 saturated heterocycles. The zero-order chi connectivity index (χ0) is 12.0. The molecule has 0 amide bonds. The van der Waals surface area contributed by atoms with Crippen LogP contribution < -0.4 is 0 Å². The van der Waals surface area contributed by atoms with Gasteiger partial charge in [0.2, 0.25) is 0 Å². The summed E-state index contributed by atoms with van der Waals surface area (Å²) in [5, 5.41) is 0. The molecule has 3 aliphatic carbocycles. The van der Waals surface area contributed by atoms with Crippen LogP contribution in [-0.4, -0.2) is 17.4 Å². The highest BCUT2D eigenvalue weighted by Crippen LogP contribution is 2.62. The summed E-state index contributed by atoms with van der Waals surface area (Å²) in [6.45, 7) is 1.47. The molecule has 0 radical (unpaired) electrons. The normalized spacial score (nSPS) is 44.3. The van der Waals surface area contributed by atoms with Gasteiger partial charge in [-0.3, -0.25) is 9.59 Å². The second kappa shape index (κ2) is 3.82. The van der Waals surface area contributed by atoms with Gasteiger partial charge < -0.3 is 4.74 Å². The lowest BCUT2D eigenvalue weighted by molar-refractivity contribution is -0.239. The number of Topliss-reactive ketones (excluding diaryl/α,β-unsaturated/α-hetero) is 1. The van der Waals surface area contributed by atoms with Crippen molar-refractivity contribution in [3.05, 3.63) is 0 Å². The topological polar surface area (TPSA) is 43.4 Å². The molecule has 0 bridgehead atoms. The summed E-state index contributed by atoms with van der Waals surface area (Å²) in [6.07, 6.45) is 7.25. The highest BCUT2D eigenvalue weighted by atomic mass is 16.6. The summed E-state index contributed by atoms with van der Waals surface area (Å²) in [5.74, 6) is 1.14. The third-order valence-electron chi connectivity index (χ3n) is 5.07. The first kappa shape index (κ1) is 11.2. The van der Waals surface area contributed by atoms with Crippen LogP contribution in [0.2, 0.25) is 0 Å². The van der Waals surface area contributed by atoms with Crippen LogP contribution in [-0.2, 0) is 14.3 Å². The quantitative estimate of drug-likeness (QED) is 0.657. The van der Waals surface area contributed by atoms with E-state index in [0.29, 0.717) is 24.0 Å². The lowest BCUT2D eigenvalue weighted by Gasteiger charge is -2.63. The summed E-state index contributed by atoms with van der Waals surface area (Å²) in [6, 6.07) is 0. The number of esters is 1. The van der Waals surface area contributed by atoms with E-state index in [1.165, 1.54) is 19.8 Å². The van der Waals surface area contributed by atoms with Crippen LogP contribution in [0.5, 0.6) is 0 Å². The fourth-order valence-electron chi connectivity index (χ4n) is 4.64. The van der Waals surface area contributed by atoms with Crippen molar-refractivity contribution in [2.45, 2.75) is 57.5 Å². The molecule has 3 rings (SSSR count). The molecule has 4 unspecified atom stereocenters. The highest BCUT2D eigenvalue weighted by Gasteiger charge is 2.67. The minimum Gasteiger partial charge on any atom is -0.458 e. The lowest BCUT2D eigenvalue weighted by Crippen LogP contribution is -2.69. The maximum Gasteiger partial charge on any atom is 0.303 e. The molecule has 0 aromatic carbocycles. The highest BCUT2D eigenvalue weighted by molar-refractivity contribution is 5.85. The first-order valence-corrected chi connectivity index (χ1v) is 6.87. The minimum absolute atomic E-state index is 0.0328. The SMILES string of the molecule is CC(=O)OC12CCCC(=O)C1C1CCCCC12. The monoisotopic (exact) mass is 236 g/mol. The van der Waals surface area contributed by atoms with Gasteiger partial charge in [0.1, 0.15) is 11.4 Å². The summed E-state index contributed by atoms with van der Waals surface area (Å²) in [7, 11) is 0. The van der Waals surface area contributed by atoms with Crippen molar-refractivity contribution in [1.82, 2.24) is 0 Å². The van der Waals surface area contributed by atoms with Crippen LogP contribution in [0, 0.1) is 17.8 Å². The van der Waals surface area contributed by atoms with Gasteiger partial charge in [0.15, 0.2) is 0 Å². The molecule has 0 spiro atoms. The van der Waals surface area contributed by atoms with Gasteiger partial charge >= 0.3 is 5.97 Å². The Morgan fingerprint density at radius 1 is 1.29 bits per heavy atom. The number of ether oxygens (including phenoxy) is 1. The Kier molecular flexibility index (Phi) is 2.53. The number of carbonyl (C=O) groups excluding carboxylic acids is 2. The van der Waals surface area contributed by atoms with Gasteiger partial charge in [0.05, 0.1) is 5.92 Å². The Balaban J connectivity index is 1.90. The van der Waals surface area contributed by atoms with Crippen LogP contribution in [0.3, 0.4) is 0 Å². The number of carbonyl (C=O) groups is 2. The van der Waals surface area contributed by atoms with E-state index in [4.69, 9.17) is 4.74 Å². The van der Waals surface area contributed by atoms with Crippen LogP contribution in [0.15, 0.2) is 0 Å². The Morgan fingerprint density at radius 3 is 2.82 bits per heavy atom. The predicted molar refractivity (Wildman–Crippen MR) is 62.3 cm³/mol. The molecule has 3 nitrogen and oxygen atoms in total. The zero-order valence-corrected chi connectivity index (χ0v) is 10.4. The summed E-state index contributed by atoms with van der Waals surface area (Å²) >= 11 is 0. The van der Waals surface area contributed by atoms with Crippen molar-refractivity contribution in [3.63, 3.8) is 0 Å². The first-order valence-electron chi connectivity index (χ1n) is 6.87. The first-order chi connectivity index (χ1) is 8.15. The molecule has 0 aromatic heterocycles. The number of ketones is 1. The van der Waals surface area contributed by atoms with E-state index in [1.807, 2.05) is 0 Å². The van der Waals surface area contributed by atoms with Crippen LogP contribution in [0.4, 0.5) is 0 Å². The van der Waals surface area contributed by atoms with E-state index in [1.54, 1.807) is 0 Å². The molecule has 0 aromatic rings. The fraction of sp³-hybridized carbons (Fsp3) is 0.857. The Hall–Kier alpha value is -0.860. The maximum absolute atomic E-state index is 12.1. The summed E-state index contributed by atoms with van der Waals surface area (Å²) < 4.78 is 5.66. The number of hydrogen-bond acceptors (Lipinski definition) is 3. The Labute approximate surface area is 102 Å². The summed E-state index contributed by atoms with van der Waals surface area (Å²) in [4.78, 5) is 23.5. The molecule has 3 saturated carbocycles.